The van der Waals surface area contributed by atoms with Crippen LogP contribution in [0.2, 0.25) is 0 Å². The molecule has 5 heteroatoms. The second-order valence-corrected chi connectivity index (χ2v) is 6.46. The Morgan fingerprint density at radius 1 is 1.24 bits per heavy atom. The molecule has 2 N–H and O–H groups in total. The number of hydrogen-bond acceptors (Lipinski definition) is 3. The first-order valence-electron chi connectivity index (χ1n) is 7.12. The van der Waals surface area contributed by atoms with Crippen molar-refractivity contribution in [3.05, 3.63) is 35.4 Å². The largest absolute Gasteiger partial charge is 0.389 e. The van der Waals surface area contributed by atoms with Crippen molar-refractivity contribution in [2.45, 2.75) is 32.3 Å². The Hall–Kier alpha value is -1.88. The van der Waals surface area contributed by atoms with E-state index in [0.717, 1.165) is 5.56 Å². The number of aliphatic hydroxyl groups excluding tert-OH is 1. The third kappa shape index (κ3) is 3.82. The predicted octanol–water partition coefficient (Wildman–Crippen LogP) is 0.917. The van der Waals surface area contributed by atoms with Gasteiger partial charge in [-0.1, -0.05) is 32.9 Å². The maximum absolute atomic E-state index is 12.0. The normalized spacial score (nSPS) is 15.5. The minimum Gasteiger partial charge on any atom is -0.389 e. The number of carbonyl (C=O) groups excluding carboxylic acids is 2. The zero-order valence-electron chi connectivity index (χ0n) is 12.7. The van der Waals surface area contributed by atoms with Gasteiger partial charge in [-0.15, -0.1) is 0 Å². The fourth-order valence-corrected chi connectivity index (χ4v) is 2.15. The Kier molecular flexibility index (Phi) is 4.32. The first-order valence-corrected chi connectivity index (χ1v) is 7.12. The smallest absolute Gasteiger partial charge is 0.251 e. The summed E-state index contributed by atoms with van der Waals surface area (Å²) in [7, 11) is 0. The van der Waals surface area contributed by atoms with E-state index in [1.807, 2.05) is 12.1 Å². The van der Waals surface area contributed by atoms with Gasteiger partial charge in [0, 0.05) is 18.7 Å². The lowest BCUT2D eigenvalue weighted by Gasteiger charge is -2.35. The van der Waals surface area contributed by atoms with Gasteiger partial charge in [-0.3, -0.25) is 9.59 Å². The summed E-state index contributed by atoms with van der Waals surface area (Å²) in [6.45, 7) is 7.02. The van der Waals surface area contributed by atoms with Crippen LogP contribution < -0.4 is 5.32 Å². The molecule has 0 radical (unpaired) electrons. The first-order chi connectivity index (χ1) is 9.77. The van der Waals surface area contributed by atoms with Crippen LogP contribution in [0.15, 0.2) is 24.3 Å². The summed E-state index contributed by atoms with van der Waals surface area (Å²) in [4.78, 5) is 25.2. The van der Waals surface area contributed by atoms with Gasteiger partial charge < -0.3 is 15.3 Å². The van der Waals surface area contributed by atoms with Crippen molar-refractivity contribution in [3.63, 3.8) is 0 Å². The van der Waals surface area contributed by atoms with Crippen molar-refractivity contribution in [1.82, 2.24) is 10.2 Å². The molecule has 1 aromatic carbocycles. The summed E-state index contributed by atoms with van der Waals surface area (Å²) in [5.41, 5.74) is 1.74. The second kappa shape index (κ2) is 5.85. The van der Waals surface area contributed by atoms with Gasteiger partial charge in [0.2, 0.25) is 5.91 Å². The molecule has 0 atom stereocenters. The number of likely N-dealkylation sites (tertiary alicyclic amines) is 1. The monoisotopic (exact) mass is 290 g/mol. The van der Waals surface area contributed by atoms with E-state index in [2.05, 4.69) is 26.1 Å². The average molecular weight is 290 g/mol. The molecule has 2 rings (SSSR count). The number of hydrogen-bond donors (Lipinski definition) is 2. The Morgan fingerprint density at radius 2 is 1.81 bits per heavy atom. The maximum Gasteiger partial charge on any atom is 0.251 e. The molecule has 1 aromatic rings. The Bertz CT molecular complexity index is 525. The molecule has 1 fully saturated rings. The molecule has 1 heterocycles. The second-order valence-electron chi connectivity index (χ2n) is 6.46. The van der Waals surface area contributed by atoms with Crippen molar-refractivity contribution in [3.8, 4) is 0 Å². The highest BCUT2D eigenvalue weighted by atomic mass is 16.3. The molecule has 0 aliphatic carbocycles. The molecule has 0 saturated carbocycles. The number of benzene rings is 1. The molecule has 0 bridgehead atoms. The predicted molar refractivity (Wildman–Crippen MR) is 80.1 cm³/mol. The van der Waals surface area contributed by atoms with E-state index in [-0.39, 0.29) is 23.8 Å². The van der Waals surface area contributed by atoms with Crippen LogP contribution in [0.5, 0.6) is 0 Å². The van der Waals surface area contributed by atoms with E-state index in [0.29, 0.717) is 18.7 Å². The SMILES string of the molecule is CC(C)(C)c1ccc(C(=O)NCC(=O)N2CC(O)C2)cc1. The van der Waals surface area contributed by atoms with E-state index in [1.165, 1.54) is 4.90 Å². The van der Waals surface area contributed by atoms with Crippen molar-refractivity contribution in [2.75, 3.05) is 19.6 Å². The number of nitrogens with one attached hydrogen (secondary N) is 1. The molecular formula is C16H22N2O3. The Morgan fingerprint density at radius 3 is 2.29 bits per heavy atom. The van der Waals surface area contributed by atoms with Crippen molar-refractivity contribution in [2.24, 2.45) is 0 Å². The van der Waals surface area contributed by atoms with Crippen molar-refractivity contribution in [1.29, 1.82) is 0 Å². The van der Waals surface area contributed by atoms with E-state index < -0.39 is 6.10 Å². The van der Waals surface area contributed by atoms with Gasteiger partial charge in [-0.2, -0.15) is 0 Å². The molecule has 0 unspecified atom stereocenters. The quantitative estimate of drug-likeness (QED) is 0.869. The standard InChI is InChI=1S/C16H22N2O3/c1-16(2,3)12-6-4-11(5-7-12)15(21)17-8-14(20)18-9-13(19)10-18/h4-7,13,19H,8-10H2,1-3H3,(H,17,21). The summed E-state index contributed by atoms with van der Waals surface area (Å²) in [5.74, 6) is -0.426. The lowest BCUT2D eigenvalue weighted by Crippen LogP contribution is -2.55. The topological polar surface area (TPSA) is 69.6 Å². The van der Waals surface area contributed by atoms with Gasteiger partial charge >= 0.3 is 0 Å². The minimum absolute atomic E-state index is 0.0351. The number of rotatable bonds is 3. The third-order valence-electron chi connectivity index (χ3n) is 3.63. The number of nitrogens with zero attached hydrogens (tertiary/aromatic N) is 1. The van der Waals surface area contributed by atoms with Gasteiger partial charge in [-0.05, 0) is 23.1 Å². The highest BCUT2D eigenvalue weighted by Gasteiger charge is 2.28. The van der Waals surface area contributed by atoms with Crippen LogP contribution in [0.4, 0.5) is 0 Å². The summed E-state index contributed by atoms with van der Waals surface area (Å²) in [5, 5.41) is 11.7. The summed E-state index contributed by atoms with van der Waals surface area (Å²) < 4.78 is 0. The van der Waals surface area contributed by atoms with Gasteiger partial charge in [0.15, 0.2) is 0 Å². The maximum atomic E-state index is 12.0. The van der Waals surface area contributed by atoms with Crippen LogP contribution in [-0.2, 0) is 10.2 Å². The molecule has 2 amide bonds. The number of β-amino-alcohol motifs (C(OH)–C–C–N with tert-alkyl or cyclic N) is 1. The lowest BCUT2D eigenvalue weighted by atomic mass is 9.87. The van der Waals surface area contributed by atoms with Gasteiger partial charge in [0.05, 0.1) is 12.6 Å². The third-order valence-corrected chi connectivity index (χ3v) is 3.63. The van der Waals surface area contributed by atoms with Gasteiger partial charge in [0.25, 0.3) is 5.91 Å². The molecule has 0 aromatic heterocycles. The molecule has 1 aliphatic heterocycles. The van der Waals surface area contributed by atoms with Gasteiger partial charge in [-0.25, -0.2) is 0 Å². The fourth-order valence-electron chi connectivity index (χ4n) is 2.15. The molecule has 1 saturated heterocycles. The van der Waals surface area contributed by atoms with Crippen LogP contribution in [0.1, 0.15) is 36.7 Å². The van der Waals surface area contributed by atoms with Crippen LogP contribution in [0, 0.1) is 0 Å². The molecule has 1 aliphatic rings. The Labute approximate surface area is 125 Å². The Balaban J connectivity index is 1.87. The highest BCUT2D eigenvalue weighted by Crippen LogP contribution is 2.22. The van der Waals surface area contributed by atoms with Crippen LogP contribution in [-0.4, -0.2) is 47.6 Å². The van der Waals surface area contributed by atoms with E-state index in [4.69, 9.17) is 5.11 Å². The van der Waals surface area contributed by atoms with Crippen molar-refractivity contribution >= 4 is 11.8 Å². The van der Waals surface area contributed by atoms with E-state index in [1.54, 1.807) is 12.1 Å². The van der Waals surface area contributed by atoms with Gasteiger partial charge in [0.1, 0.15) is 0 Å². The number of carbonyl (C=O) groups is 2. The summed E-state index contributed by atoms with van der Waals surface area (Å²) in [6, 6.07) is 7.41. The molecular weight excluding hydrogens is 268 g/mol. The van der Waals surface area contributed by atoms with E-state index in [9.17, 15) is 9.59 Å². The molecule has 5 nitrogen and oxygen atoms in total. The molecule has 0 spiro atoms. The number of amides is 2. The fraction of sp³-hybridized carbons (Fsp3) is 0.500. The minimum atomic E-state index is -0.422. The lowest BCUT2D eigenvalue weighted by molar-refractivity contribution is -0.140. The van der Waals surface area contributed by atoms with Crippen molar-refractivity contribution < 1.29 is 14.7 Å². The van der Waals surface area contributed by atoms with Crippen LogP contribution in [0.3, 0.4) is 0 Å². The number of aliphatic hydroxyl groups is 1. The first kappa shape index (κ1) is 15.5. The molecule has 114 valence electrons. The highest BCUT2D eigenvalue weighted by molar-refractivity contribution is 5.96. The van der Waals surface area contributed by atoms with E-state index >= 15 is 0 Å². The summed E-state index contributed by atoms with van der Waals surface area (Å²) >= 11 is 0. The zero-order chi connectivity index (χ0) is 15.6. The van der Waals surface area contributed by atoms with Crippen LogP contribution in [0.25, 0.3) is 0 Å². The van der Waals surface area contributed by atoms with Crippen LogP contribution >= 0.6 is 0 Å². The zero-order valence-corrected chi connectivity index (χ0v) is 12.7. The average Bonchev–Trinajstić information content (AvgIpc) is 2.40. The summed E-state index contributed by atoms with van der Waals surface area (Å²) in [6.07, 6.45) is -0.422. The molecule has 21 heavy (non-hydrogen) atoms.